The molecule has 0 aromatic heterocycles. The van der Waals surface area contributed by atoms with Crippen LogP contribution in [0.15, 0.2) is 53.4 Å². The number of carbonyl (C=O) groups is 1. The minimum atomic E-state index is -0.930. The van der Waals surface area contributed by atoms with Crippen molar-refractivity contribution < 1.29 is 14.6 Å². The molecule has 1 heterocycles. The predicted molar refractivity (Wildman–Crippen MR) is 109 cm³/mol. The van der Waals surface area contributed by atoms with Gasteiger partial charge in [0, 0.05) is 35.8 Å². The van der Waals surface area contributed by atoms with Crippen LogP contribution >= 0.6 is 11.8 Å². The van der Waals surface area contributed by atoms with Crippen molar-refractivity contribution in [1.29, 1.82) is 0 Å². The highest BCUT2D eigenvalue weighted by Crippen LogP contribution is 2.33. The average Bonchev–Trinajstić information content (AvgIpc) is 2.69. The van der Waals surface area contributed by atoms with Crippen LogP contribution in [0.2, 0.25) is 0 Å². The number of nitrogens with zero attached hydrogens (tertiary/aromatic N) is 1. The van der Waals surface area contributed by atoms with E-state index in [4.69, 9.17) is 4.74 Å². The van der Waals surface area contributed by atoms with Gasteiger partial charge in [-0.15, -0.1) is 11.8 Å². The SMILES string of the molecule is CCOC(Cc1ccc(C#CCN2CCSc3ccccc32)cc1)C(=O)O. The van der Waals surface area contributed by atoms with E-state index >= 15 is 0 Å². The summed E-state index contributed by atoms with van der Waals surface area (Å²) in [5.41, 5.74) is 3.12. The number of aliphatic carboxylic acids is 1. The molecule has 0 fully saturated rings. The van der Waals surface area contributed by atoms with Gasteiger partial charge in [0.1, 0.15) is 0 Å². The van der Waals surface area contributed by atoms with E-state index in [9.17, 15) is 9.90 Å². The minimum absolute atomic E-state index is 0.360. The molecule has 2 aromatic carbocycles. The summed E-state index contributed by atoms with van der Waals surface area (Å²) in [5, 5.41) is 9.18. The molecular formula is C22H23NO3S. The van der Waals surface area contributed by atoms with Crippen LogP contribution in [0.3, 0.4) is 0 Å². The van der Waals surface area contributed by atoms with Crippen molar-refractivity contribution in [2.24, 2.45) is 0 Å². The molecule has 0 saturated carbocycles. The third-order valence-electron chi connectivity index (χ3n) is 4.35. The number of benzene rings is 2. The lowest BCUT2D eigenvalue weighted by atomic mass is 10.1. The van der Waals surface area contributed by atoms with Crippen LogP contribution in [0.1, 0.15) is 18.1 Å². The van der Waals surface area contributed by atoms with Crippen molar-refractivity contribution in [1.82, 2.24) is 0 Å². The molecule has 0 bridgehead atoms. The highest BCUT2D eigenvalue weighted by molar-refractivity contribution is 7.99. The summed E-state index contributed by atoms with van der Waals surface area (Å²) >= 11 is 1.89. The number of thioether (sulfide) groups is 1. The molecule has 140 valence electrons. The number of para-hydroxylation sites is 1. The lowest BCUT2D eigenvalue weighted by molar-refractivity contribution is -0.149. The van der Waals surface area contributed by atoms with Crippen molar-refractivity contribution >= 4 is 23.4 Å². The minimum Gasteiger partial charge on any atom is -0.479 e. The second-order valence-corrected chi connectivity index (χ2v) is 7.36. The number of fused-ring (bicyclic) bond motifs is 1. The number of anilines is 1. The summed E-state index contributed by atoms with van der Waals surface area (Å²) in [5.74, 6) is 6.62. The highest BCUT2D eigenvalue weighted by atomic mass is 32.2. The molecule has 4 nitrogen and oxygen atoms in total. The zero-order chi connectivity index (χ0) is 19.1. The number of carboxylic acids is 1. The zero-order valence-electron chi connectivity index (χ0n) is 15.4. The molecule has 1 aliphatic heterocycles. The molecule has 0 spiro atoms. The smallest absolute Gasteiger partial charge is 0.333 e. The first-order chi connectivity index (χ1) is 13.2. The first-order valence-electron chi connectivity index (χ1n) is 9.06. The normalized spacial score (nSPS) is 14.0. The molecule has 0 radical (unpaired) electrons. The maximum atomic E-state index is 11.2. The van der Waals surface area contributed by atoms with Crippen LogP contribution in [-0.2, 0) is 16.0 Å². The molecule has 0 amide bonds. The third-order valence-corrected chi connectivity index (χ3v) is 5.39. The van der Waals surface area contributed by atoms with E-state index in [1.807, 2.05) is 36.0 Å². The fourth-order valence-electron chi connectivity index (χ4n) is 2.98. The third kappa shape index (κ3) is 5.29. The van der Waals surface area contributed by atoms with Gasteiger partial charge in [0.05, 0.1) is 12.2 Å². The van der Waals surface area contributed by atoms with Gasteiger partial charge < -0.3 is 14.7 Å². The highest BCUT2D eigenvalue weighted by Gasteiger charge is 2.18. The molecule has 1 aliphatic rings. The van der Waals surface area contributed by atoms with E-state index in [-0.39, 0.29) is 0 Å². The van der Waals surface area contributed by atoms with Gasteiger partial charge in [0.15, 0.2) is 6.10 Å². The number of carboxylic acid groups (broad SMARTS) is 1. The number of rotatable bonds is 6. The summed E-state index contributed by atoms with van der Waals surface area (Å²) in [6.45, 7) is 3.89. The summed E-state index contributed by atoms with van der Waals surface area (Å²) in [6, 6.07) is 16.2. The fourth-order valence-corrected chi connectivity index (χ4v) is 4.04. The Hall–Kier alpha value is -2.42. The van der Waals surface area contributed by atoms with Gasteiger partial charge in [-0.2, -0.15) is 0 Å². The summed E-state index contributed by atoms with van der Waals surface area (Å²) < 4.78 is 5.26. The first kappa shape index (κ1) is 19.3. The molecular weight excluding hydrogens is 358 g/mol. The second kappa shape index (κ2) is 9.50. The Bertz CT molecular complexity index is 839. The van der Waals surface area contributed by atoms with Crippen molar-refractivity contribution in [3.63, 3.8) is 0 Å². The van der Waals surface area contributed by atoms with Crippen LogP contribution in [0.4, 0.5) is 5.69 Å². The topological polar surface area (TPSA) is 49.8 Å². The lowest BCUT2D eigenvalue weighted by Gasteiger charge is -2.28. The lowest BCUT2D eigenvalue weighted by Crippen LogP contribution is -2.29. The van der Waals surface area contributed by atoms with E-state index in [1.54, 1.807) is 6.92 Å². The summed E-state index contributed by atoms with van der Waals surface area (Å²) in [4.78, 5) is 14.8. The summed E-state index contributed by atoms with van der Waals surface area (Å²) in [7, 11) is 0. The van der Waals surface area contributed by atoms with E-state index < -0.39 is 12.1 Å². The maximum Gasteiger partial charge on any atom is 0.333 e. The van der Waals surface area contributed by atoms with E-state index in [2.05, 4.69) is 41.0 Å². The zero-order valence-corrected chi connectivity index (χ0v) is 16.2. The number of ether oxygens (including phenoxy) is 1. The largest absolute Gasteiger partial charge is 0.479 e. The standard InChI is InChI=1S/C22H23NO3S/c1-2-26-20(22(24)25)16-18-11-9-17(10-12-18)6-5-13-23-14-15-27-21-8-4-3-7-19(21)23/h3-4,7-12,20H,2,13-16H2,1H3,(H,24,25). The average molecular weight is 381 g/mol. The molecule has 2 aromatic rings. The van der Waals surface area contributed by atoms with Crippen LogP contribution in [0, 0.1) is 11.8 Å². The van der Waals surface area contributed by atoms with E-state index in [1.165, 1.54) is 10.6 Å². The van der Waals surface area contributed by atoms with Crippen LogP contribution < -0.4 is 4.90 Å². The molecule has 27 heavy (non-hydrogen) atoms. The van der Waals surface area contributed by atoms with Crippen molar-refractivity contribution in [3.8, 4) is 11.8 Å². The fraction of sp³-hybridized carbons (Fsp3) is 0.318. The van der Waals surface area contributed by atoms with Gasteiger partial charge in [-0.25, -0.2) is 4.79 Å². The Morgan fingerprint density at radius 1 is 1.26 bits per heavy atom. The molecule has 0 saturated heterocycles. The van der Waals surface area contributed by atoms with Crippen molar-refractivity contribution in [3.05, 3.63) is 59.7 Å². The van der Waals surface area contributed by atoms with Gasteiger partial charge >= 0.3 is 5.97 Å². The van der Waals surface area contributed by atoms with Crippen LogP contribution in [-0.4, -0.2) is 42.6 Å². The molecule has 0 aliphatic carbocycles. The predicted octanol–water partition coefficient (Wildman–Crippen LogP) is 3.68. The number of hydrogen-bond acceptors (Lipinski definition) is 4. The Labute approximate surface area is 164 Å². The molecule has 1 atom stereocenters. The maximum absolute atomic E-state index is 11.2. The Kier molecular flexibility index (Phi) is 6.80. The van der Waals surface area contributed by atoms with Gasteiger partial charge in [-0.1, -0.05) is 36.1 Å². The molecule has 3 rings (SSSR count). The van der Waals surface area contributed by atoms with Crippen LogP contribution in [0.25, 0.3) is 0 Å². The van der Waals surface area contributed by atoms with Gasteiger partial charge in [-0.3, -0.25) is 0 Å². The Balaban J connectivity index is 1.61. The Morgan fingerprint density at radius 2 is 2.04 bits per heavy atom. The number of hydrogen-bond donors (Lipinski definition) is 1. The van der Waals surface area contributed by atoms with E-state index in [0.717, 1.165) is 23.4 Å². The first-order valence-corrected chi connectivity index (χ1v) is 10.0. The van der Waals surface area contributed by atoms with Gasteiger partial charge in [-0.05, 0) is 36.8 Å². The monoisotopic (exact) mass is 381 g/mol. The van der Waals surface area contributed by atoms with Gasteiger partial charge in [0.2, 0.25) is 0 Å². The quantitative estimate of drug-likeness (QED) is 0.774. The van der Waals surface area contributed by atoms with Gasteiger partial charge in [0.25, 0.3) is 0 Å². The second-order valence-electron chi connectivity index (χ2n) is 6.22. The van der Waals surface area contributed by atoms with E-state index in [0.29, 0.717) is 19.6 Å². The van der Waals surface area contributed by atoms with Crippen molar-refractivity contribution in [2.45, 2.75) is 24.3 Å². The van der Waals surface area contributed by atoms with Crippen LogP contribution in [0.5, 0.6) is 0 Å². The van der Waals surface area contributed by atoms with Crippen molar-refractivity contribution in [2.75, 3.05) is 30.3 Å². The summed E-state index contributed by atoms with van der Waals surface area (Å²) in [6.07, 6.45) is -0.442. The molecule has 1 unspecified atom stereocenters. The molecule has 1 N–H and O–H groups in total. The molecule has 5 heteroatoms. The Morgan fingerprint density at radius 3 is 2.78 bits per heavy atom.